The van der Waals surface area contributed by atoms with E-state index in [9.17, 15) is 4.79 Å². The lowest BCUT2D eigenvalue weighted by Gasteiger charge is -2.22. The predicted octanol–water partition coefficient (Wildman–Crippen LogP) is 3.34. The topological polar surface area (TPSA) is 66.3 Å². The van der Waals surface area contributed by atoms with Crippen molar-refractivity contribution in [3.8, 4) is 11.4 Å². The number of fused-ring (bicyclic) bond motifs is 1. The zero-order chi connectivity index (χ0) is 19.0. The number of hydrogen-bond donors (Lipinski definition) is 1. The van der Waals surface area contributed by atoms with Gasteiger partial charge in [-0.2, -0.15) is 9.50 Å². The third-order valence-electron chi connectivity index (χ3n) is 4.81. The van der Waals surface area contributed by atoms with Gasteiger partial charge in [-0.25, -0.2) is 0 Å². The first kappa shape index (κ1) is 17.0. The molecule has 0 atom stereocenters. The highest BCUT2D eigenvalue weighted by molar-refractivity contribution is 5.57. The van der Waals surface area contributed by atoms with Crippen molar-refractivity contribution in [2.24, 2.45) is 0 Å². The number of nitrogens with zero attached hydrogens (tertiary/aromatic N) is 4. The predicted molar refractivity (Wildman–Crippen MR) is 107 cm³/mol. The van der Waals surface area contributed by atoms with E-state index in [2.05, 4.69) is 45.9 Å². The molecule has 136 valence electrons. The van der Waals surface area contributed by atoms with E-state index in [4.69, 9.17) is 0 Å². The summed E-state index contributed by atoms with van der Waals surface area (Å²) in [4.78, 5) is 22.4. The Morgan fingerprint density at radius 2 is 1.85 bits per heavy atom. The summed E-state index contributed by atoms with van der Waals surface area (Å²) in [5.41, 5.74) is 5.10. The minimum atomic E-state index is -0.192. The first-order valence-corrected chi connectivity index (χ1v) is 8.84. The number of hydrogen-bond acceptors (Lipinski definition) is 4. The fourth-order valence-electron chi connectivity index (χ4n) is 3.22. The Kier molecular flexibility index (Phi) is 4.24. The largest absolute Gasteiger partial charge is 0.369 e. The number of benzene rings is 2. The molecule has 2 aromatic carbocycles. The van der Waals surface area contributed by atoms with Crippen LogP contribution in [0.2, 0.25) is 0 Å². The summed E-state index contributed by atoms with van der Waals surface area (Å²) in [5.74, 6) is 0.981. The molecule has 0 spiro atoms. The van der Waals surface area contributed by atoms with Gasteiger partial charge in [-0.3, -0.25) is 4.79 Å². The minimum Gasteiger partial charge on any atom is -0.369 e. The molecule has 6 heteroatoms. The zero-order valence-corrected chi connectivity index (χ0v) is 15.6. The van der Waals surface area contributed by atoms with E-state index in [0.29, 0.717) is 18.1 Å². The molecule has 0 radical (unpaired) electrons. The van der Waals surface area contributed by atoms with Crippen LogP contribution in [0.25, 0.3) is 17.2 Å². The Morgan fingerprint density at radius 3 is 2.63 bits per heavy atom. The summed E-state index contributed by atoms with van der Waals surface area (Å²) in [6.45, 7) is 4.78. The Bertz CT molecular complexity index is 1160. The first-order valence-electron chi connectivity index (χ1n) is 8.84. The molecule has 6 nitrogen and oxygen atoms in total. The second-order valence-corrected chi connectivity index (χ2v) is 6.74. The van der Waals surface area contributed by atoms with Gasteiger partial charge in [0.25, 0.3) is 5.56 Å². The van der Waals surface area contributed by atoms with Gasteiger partial charge in [0.2, 0.25) is 5.78 Å². The van der Waals surface area contributed by atoms with Crippen molar-refractivity contribution in [2.45, 2.75) is 20.4 Å². The van der Waals surface area contributed by atoms with E-state index < -0.39 is 0 Å². The van der Waals surface area contributed by atoms with Crippen LogP contribution in [0, 0.1) is 13.8 Å². The van der Waals surface area contributed by atoms with Gasteiger partial charge in [0, 0.05) is 30.1 Å². The van der Waals surface area contributed by atoms with Crippen LogP contribution in [0.5, 0.6) is 0 Å². The highest BCUT2D eigenvalue weighted by atomic mass is 16.1. The normalized spacial score (nSPS) is 11.1. The van der Waals surface area contributed by atoms with Crippen LogP contribution in [0.15, 0.2) is 59.4 Å². The molecule has 0 amide bonds. The van der Waals surface area contributed by atoms with Crippen molar-refractivity contribution in [1.82, 2.24) is 19.6 Å². The van der Waals surface area contributed by atoms with Crippen LogP contribution in [-0.2, 0) is 6.54 Å². The molecule has 4 aromatic rings. The highest BCUT2D eigenvalue weighted by Crippen LogP contribution is 2.22. The number of aromatic amines is 1. The zero-order valence-electron chi connectivity index (χ0n) is 15.6. The molecule has 0 aliphatic carbocycles. The van der Waals surface area contributed by atoms with Gasteiger partial charge in [-0.05, 0) is 31.0 Å². The molecular formula is C21H21N5O. The summed E-state index contributed by atoms with van der Waals surface area (Å²) in [6.07, 6.45) is 0. The van der Waals surface area contributed by atoms with Crippen LogP contribution in [0.3, 0.4) is 0 Å². The fourth-order valence-corrected chi connectivity index (χ4v) is 3.22. The van der Waals surface area contributed by atoms with E-state index in [1.54, 1.807) is 6.07 Å². The molecule has 0 bridgehead atoms. The van der Waals surface area contributed by atoms with E-state index in [0.717, 1.165) is 16.9 Å². The fraction of sp³-hybridized carbons (Fsp3) is 0.190. The average Bonchev–Trinajstić information content (AvgIpc) is 3.09. The summed E-state index contributed by atoms with van der Waals surface area (Å²) in [6, 6.07) is 17.4. The molecular weight excluding hydrogens is 338 g/mol. The van der Waals surface area contributed by atoms with Crippen molar-refractivity contribution in [2.75, 3.05) is 11.9 Å². The lowest BCUT2D eigenvalue weighted by molar-refractivity contribution is 0.838. The monoisotopic (exact) mass is 359 g/mol. The molecule has 0 fully saturated rings. The second kappa shape index (κ2) is 6.72. The maximum atomic E-state index is 12.5. The van der Waals surface area contributed by atoms with E-state index >= 15 is 0 Å². The van der Waals surface area contributed by atoms with Crippen molar-refractivity contribution >= 4 is 11.5 Å². The first-order chi connectivity index (χ1) is 13.0. The number of anilines is 1. The van der Waals surface area contributed by atoms with Gasteiger partial charge >= 0.3 is 0 Å². The lowest BCUT2D eigenvalue weighted by atomic mass is 10.1. The third kappa shape index (κ3) is 3.21. The summed E-state index contributed by atoms with van der Waals surface area (Å²) < 4.78 is 1.31. The summed E-state index contributed by atoms with van der Waals surface area (Å²) in [5, 5.41) is 4.33. The molecule has 2 heterocycles. The van der Waals surface area contributed by atoms with Crippen molar-refractivity contribution in [3.05, 3.63) is 81.8 Å². The quantitative estimate of drug-likeness (QED) is 0.607. The van der Waals surface area contributed by atoms with Crippen LogP contribution >= 0.6 is 0 Å². The van der Waals surface area contributed by atoms with Gasteiger partial charge < -0.3 is 9.88 Å². The van der Waals surface area contributed by atoms with Crippen LogP contribution < -0.4 is 10.5 Å². The number of H-pyrrole nitrogens is 1. The standard InChI is InChI=1S/C21H21N5O/c1-14-8-7-11-18(15(14)2)25(3)13-17-12-19(27)26-21(22-17)23-20(24-26)16-9-5-4-6-10-16/h4-12H,13H2,1-3H3,(H,22,23,24). The number of nitrogens with one attached hydrogen (secondary N) is 1. The molecule has 4 rings (SSSR count). The molecule has 2 aromatic heterocycles. The maximum absolute atomic E-state index is 12.5. The molecule has 27 heavy (non-hydrogen) atoms. The maximum Gasteiger partial charge on any atom is 0.275 e. The SMILES string of the molecule is Cc1cccc(N(C)Cc2cc(=O)n3nc(-c4ccccc4)nc3[nH]2)c1C. The second-order valence-electron chi connectivity index (χ2n) is 6.74. The third-order valence-corrected chi connectivity index (χ3v) is 4.81. The Morgan fingerprint density at radius 1 is 1.07 bits per heavy atom. The van der Waals surface area contributed by atoms with Crippen molar-refractivity contribution in [1.29, 1.82) is 0 Å². The van der Waals surface area contributed by atoms with Crippen LogP contribution in [0.4, 0.5) is 5.69 Å². The van der Waals surface area contributed by atoms with Gasteiger partial charge in [-0.15, -0.1) is 5.10 Å². The molecule has 0 saturated heterocycles. The Hall–Kier alpha value is -3.41. The Balaban J connectivity index is 1.69. The molecule has 1 N–H and O–H groups in total. The van der Waals surface area contributed by atoms with Crippen molar-refractivity contribution < 1.29 is 0 Å². The summed E-state index contributed by atoms with van der Waals surface area (Å²) in [7, 11) is 2.02. The summed E-state index contributed by atoms with van der Waals surface area (Å²) >= 11 is 0. The molecule has 0 unspecified atom stereocenters. The molecule has 0 aliphatic heterocycles. The average molecular weight is 359 g/mol. The van der Waals surface area contributed by atoms with E-state index in [-0.39, 0.29) is 5.56 Å². The van der Waals surface area contributed by atoms with Gasteiger partial charge in [0.05, 0.1) is 6.54 Å². The Labute approximate surface area is 157 Å². The lowest BCUT2D eigenvalue weighted by Crippen LogP contribution is -2.22. The van der Waals surface area contributed by atoms with Gasteiger partial charge in [0.1, 0.15) is 0 Å². The molecule has 0 aliphatic rings. The van der Waals surface area contributed by atoms with Crippen LogP contribution in [0.1, 0.15) is 16.8 Å². The molecule has 0 saturated carbocycles. The van der Waals surface area contributed by atoms with Gasteiger partial charge in [-0.1, -0.05) is 42.5 Å². The number of rotatable bonds is 4. The highest BCUT2D eigenvalue weighted by Gasteiger charge is 2.12. The van der Waals surface area contributed by atoms with Gasteiger partial charge in [0.15, 0.2) is 5.82 Å². The van der Waals surface area contributed by atoms with Crippen molar-refractivity contribution in [3.63, 3.8) is 0 Å². The van der Waals surface area contributed by atoms with E-state index in [1.165, 1.54) is 15.6 Å². The number of aromatic nitrogens is 4. The van der Waals surface area contributed by atoms with Crippen LogP contribution in [-0.4, -0.2) is 26.6 Å². The minimum absolute atomic E-state index is 0.192. The van der Waals surface area contributed by atoms with E-state index in [1.807, 2.05) is 43.4 Å². The number of aryl methyl sites for hydroxylation is 1. The smallest absolute Gasteiger partial charge is 0.275 e.